The second kappa shape index (κ2) is 11.1. The van der Waals surface area contributed by atoms with E-state index in [-0.39, 0.29) is 25.2 Å². The van der Waals surface area contributed by atoms with Crippen molar-refractivity contribution >= 4 is 23.3 Å². The second-order valence-electron chi connectivity index (χ2n) is 10.5. The van der Waals surface area contributed by atoms with Crippen LogP contribution in [0.5, 0.6) is 0 Å². The molecule has 2 aliphatic heterocycles. The van der Waals surface area contributed by atoms with Gasteiger partial charge in [0.25, 0.3) is 5.91 Å². The number of piperidine rings is 1. The summed E-state index contributed by atoms with van der Waals surface area (Å²) in [6.45, 7) is 10.5. The molecule has 2 aliphatic rings. The lowest BCUT2D eigenvalue weighted by atomic mass is 9.96. The highest BCUT2D eigenvalue weighted by molar-refractivity contribution is 6.20. The molecule has 0 unspecified atom stereocenters. The fourth-order valence-corrected chi connectivity index (χ4v) is 4.76. The van der Waals surface area contributed by atoms with Gasteiger partial charge in [-0.3, -0.25) is 4.79 Å². The van der Waals surface area contributed by atoms with E-state index in [1.54, 1.807) is 41.1 Å². The maximum Gasteiger partial charge on any atom is 0.329 e. The molecule has 2 fully saturated rings. The van der Waals surface area contributed by atoms with Crippen LogP contribution in [0.4, 0.5) is 5.82 Å². The van der Waals surface area contributed by atoms with E-state index in [0.717, 1.165) is 31.5 Å². The van der Waals surface area contributed by atoms with Crippen molar-refractivity contribution in [2.45, 2.75) is 77.9 Å². The Bertz CT molecular complexity index is 920. The molecule has 10 heteroatoms. The Labute approximate surface area is 207 Å². The van der Waals surface area contributed by atoms with Gasteiger partial charge in [0, 0.05) is 52.3 Å². The Morgan fingerprint density at radius 2 is 1.80 bits per heavy atom. The molecule has 0 aromatic carbocycles. The summed E-state index contributed by atoms with van der Waals surface area (Å²) in [6, 6.07) is 0.904. The van der Waals surface area contributed by atoms with Gasteiger partial charge in [-0.05, 0) is 47.5 Å². The molecule has 10 nitrogen and oxygen atoms in total. The molecule has 0 radical (unpaired) electrons. The third-order valence-corrected chi connectivity index (χ3v) is 6.39. The van der Waals surface area contributed by atoms with E-state index in [1.165, 1.54) is 4.90 Å². The van der Waals surface area contributed by atoms with Gasteiger partial charge in [0.15, 0.2) is 17.9 Å². The summed E-state index contributed by atoms with van der Waals surface area (Å²) in [6.07, 6.45) is 0.869. The third kappa shape index (κ3) is 6.42. The second-order valence-corrected chi connectivity index (χ2v) is 10.5. The number of anilines is 1. The molecule has 35 heavy (non-hydrogen) atoms. The van der Waals surface area contributed by atoms with Crippen LogP contribution in [0.25, 0.3) is 5.57 Å². The summed E-state index contributed by atoms with van der Waals surface area (Å²) in [5, 5.41) is 14.5. The number of likely N-dealkylation sites (tertiary alicyclic amines) is 1. The number of aliphatic hydroxyl groups is 1. The smallest absolute Gasteiger partial charge is 0.329 e. The van der Waals surface area contributed by atoms with E-state index in [2.05, 4.69) is 10.1 Å². The third-order valence-electron chi connectivity index (χ3n) is 6.39. The number of β-amino-alcohol motifs (C(OH)–C–C–N with tert-alkyl or cyclic N) is 1. The zero-order valence-corrected chi connectivity index (χ0v) is 21.9. The summed E-state index contributed by atoms with van der Waals surface area (Å²) in [5.41, 5.74) is 0.363. The Kier molecular flexibility index (Phi) is 8.61. The van der Waals surface area contributed by atoms with E-state index in [0.29, 0.717) is 23.1 Å². The maximum absolute atomic E-state index is 13.6. The first-order valence-corrected chi connectivity index (χ1v) is 12.1. The van der Waals surface area contributed by atoms with Crippen molar-refractivity contribution < 1.29 is 33.4 Å². The molecule has 2 saturated heterocycles. The van der Waals surface area contributed by atoms with Crippen LogP contribution in [0.2, 0.25) is 0 Å². The van der Waals surface area contributed by atoms with E-state index < -0.39 is 23.7 Å². The highest BCUT2D eigenvalue weighted by atomic mass is 16.7. The normalized spacial score (nSPS) is 21.5. The Hall–Kier alpha value is -2.43. The van der Waals surface area contributed by atoms with E-state index in [1.807, 2.05) is 13.8 Å². The van der Waals surface area contributed by atoms with Crippen LogP contribution in [0.3, 0.4) is 0 Å². The largest absolute Gasteiger partial charge is 0.458 e. The predicted molar refractivity (Wildman–Crippen MR) is 129 cm³/mol. The van der Waals surface area contributed by atoms with Crippen molar-refractivity contribution in [1.29, 1.82) is 0 Å². The van der Waals surface area contributed by atoms with Gasteiger partial charge >= 0.3 is 5.97 Å². The van der Waals surface area contributed by atoms with Gasteiger partial charge < -0.3 is 33.6 Å². The molecule has 196 valence electrons. The molecule has 0 aliphatic carbocycles. The van der Waals surface area contributed by atoms with Crippen LogP contribution in [0, 0.1) is 5.92 Å². The van der Waals surface area contributed by atoms with Crippen LogP contribution in [0.1, 0.15) is 59.6 Å². The quantitative estimate of drug-likeness (QED) is 0.348. The lowest BCUT2D eigenvalue weighted by molar-refractivity contribution is -0.162. The Morgan fingerprint density at radius 3 is 2.34 bits per heavy atom. The monoisotopic (exact) mass is 493 g/mol. The number of ether oxygens (including phenoxy) is 3. The van der Waals surface area contributed by atoms with Crippen molar-refractivity contribution in [1.82, 2.24) is 10.1 Å². The van der Waals surface area contributed by atoms with Crippen molar-refractivity contribution in [2.75, 3.05) is 38.8 Å². The summed E-state index contributed by atoms with van der Waals surface area (Å²) in [5.74, 6) is 0.377. The van der Waals surface area contributed by atoms with Crippen molar-refractivity contribution in [3.63, 3.8) is 0 Å². The minimum Gasteiger partial charge on any atom is -0.458 e. The average Bonchev–Trinajstić information content (AvgIpc) is 3.41. The Morgan fingerprint density at radius 1 is 1.17 bits per heavy atom. The van der Waals surface area contributed by atoms with Crippen LogP contribution >= 0.6 is 0 Å². The van der Waals surface area contributed by atoms with Gasteiger partial charge in [-0.1, -0.05) is 10.7 Å². The summed E-state index contributed by atoms with van der Waals surface area (Å²) >= 11 is 0. The van der Waals surface area contributed by atoms with Gasteiger partial charge in [0.05, 0.1) is 11.7 Å². The molecule has 1 aromatic rings. The minimum atomic E-state index is -0.859. The molecule has 0 bridgehead atoms. The topological polar surface area (TPSA) is 115 Å². The fourth-order valence-electron chi connectivity index (χ4n) is 4.76. The van der Waals surface area contributed by atoms with E-state index in [4.69, 9.17) is 18.7 Å². The molecule has 0 saturated carbocycles. The zero-order chi connectivity index (χ0) is 25.9. The number of nitrogens with zero attached hydrogens (tertiary/aromatic N) is 3. The highest BCUT2D eigenvalue weighted by Gasteiger charge is 2.43. The van der Waals surface area contributed by atoms with Gasteiger partial charge in [-0.2, -0.15) is 0 Å². The highest BCUT2D eigenvalue weighted by Crippen LogP contribution is 2.32. The van der Waals surface area contributed by atoms with Gasteiger partial charge in [0.1, 0.15) is 11.6 Å². The lowest BCUT2D eigenvalue weighted by Crippen LogP contribution is -2.44. The van der Waals surface area contributed by atoms with Crippen LogP contribution in [-0.4, -0.2) is 84.9 Å². The summed E-state index contributed by atoms with van der Waals surface area (Å²) in [7, 11) is 3.30. The zero-order valence-electron chi connectivity index (χ0n) is 21.9. The molecular weight excluding hydrogens is 454 g/mol. The number of amides is 1. The number of carbonyl (C=O) groups excluding carboxylic acids is 2. The number of allylic oxidation sites excluding steroid dienone is 1. The van der Waals surface area contributed by atoms with Crippen LogP contribution < -0.4 is 4.90 Å². The first-order chi connectivity index (χ1) is 16.4. The number of aromatic nitrogens is 1. The molecule has 0 spiro atoms. The van der Waals surface area contributed by atoms with Crippen molar-refractivity contribution in [2.24, 2.45) is 5.92 Å². The van der Waals surface area contributed by atoms with Gasteiger partial charge in [-0.15, -0.1) is 0 Å². The van der Waals surface area contributed by atoms with Crippen molar-refractivity contribution in [3.8, 4) is 0 Å². The standard InChI is InChI=1S/C25H39N3O7/c1-15(2)21(22(30)28-14-17(29)12-18(28)23(31)34-25(3,4)5)19-13-20(26-35-19)27-10-8-16(9-11-27)24(32-6)33-7/h13,16-18,24,29H,8-12,14H2,1-7H3/t17-,18+/m1/s1. The molecule has 1 N–H and O–H groups in total. The minimum absolute atomic E-state index is 0.0498. The van der Waals surface area contributed by atoms with Crippen molar-refractivity contribution in [3.05, 3.63) is 17.4 Å². The van der Waals surface area contributed by atoms with Crippen LogP contribution in [-0.2, 0) is 23.8 Å². The molecule has 1 amide bonds. The molecular formula is C25H39N3O7. The molecule has 2 atom stereocenters. The molecule has 3 rings (SSSR count). The van der Waals surface area contributed by atoms with Gasteiger partial charge in [0.2, 0.25) is 0 Å². The number of hydrogen-bond acceptors (Lipinski definition) is 9. The number of methoxy groups -OCH3 is 2. The van der Waals surface area contributed by atoms with Gasteiger partial charge in [-0.25, -0.2) is 4.79 Å². The predicted octanol–water partition coefficient (Wildman–Crippen LogP) is 2.61. The summed E-state index contributed by atoms with van der Waals surface area (Å²) < 4.78 is 21.9. The first kappa shape index (κ1) is 27.2. The Balaban J connectivity index is 1.76. The van der Waals surface area contributed by atoms with E-state index in [9.17, 15) is 14.7 Å². The number of hydrogen-bond donors (Lipinski definition) is 1. The van der Waals surface area contributed by atoms with Crippen LogP contribution in [0.15, 0.2) is 16.2 Å². The van der Waals surface area contributed by atoms with E-state index >= 15 is 0 Å². The summed E-state index contributed by atoms with van der Waals surface area (Å²) in [4.78, 5) is 29.9. The number of aliphatic hydroxyl groups excluding tert-OH is 1. The molecule has 1 aromatic heterocycles. The number of carbonyl (C=O) groups is 2. The fraction of sp³-hybridized carbons (Fsp3) is 0.720. The molecule has 3 heterocycles. The SMILES string of the molecule is COC(OC)C1CCN(c2cc(C(C(=O)N3C[C@H](O)C[C@H]3C(=O)OC(C)(C)C)=C(C)C)on2)CC1. The first-order valence-electron chi connectivity index (χ1n) is 12.1. The lowest BCUT2D eigenvalue weighted by Gasteiger charge is -2.34. The number of esters is 1. The number of rotatable bonds is 7. The maximum atomic E-state index is 13.6. The average molecular weight is 494 g/mol.